The molecule has 0 saturated carbocycles. The molecule has 0 amide bonds. The number of halogens is 1. The van der Waals surface area contributed by atoms with Crippen LogP contribution in [0.3, 0.4) is 0 Å². The first-order valence-electron chi connectivity index (χ1n) is 6.14. The number of sulfonamides is 1. The Bertz CT molecular complexity index is 636. The van der Waals surface area contributed by atoms with E-state index in [1.165, 1.54) is 27.4 Å². The molecule has 0 bridgehead atoms. The molecule has 1 aromatic heterocycles. The molecule has 118 valence electrons. The van der Waals surface area contributed by atoms with E-state index in [2.05, 4.69) is 21.1 Å². The highest BCUT2D eigenvalue weighted by molar-refractivity contribution is 9.10. The number of nitrogens with two attached hydrogens (primary N) is 1. The predicted molar refractivity (Wildman–Crippen MR) is 89.7 cm³/mol. The molecule has 1 aliphatic heterocycles. The number of thioether (sulfide) groups is 1. The van der Waals surface area contributed by atoms with Crippen molar-refractivity contribution >= 4 is 54.9 Å². The number of hydrogen-bond donors (Lipinski definition) is 2. The van der Waals surface area contributed by atoms with Crippen LogP contribution in [0.1, 0.15) is 12.8 Å². The van der Waals surface area contributed by atoms with Crippen molar-refractivity contribution < 1.29 is 13.6 Å². The molecule has 0 atom stereocenters. The molecular weight excluding hydrogens is 398 g/mol. The molecule has 0 unspecified atom stereocenters. The molecular formula is C11H16BrN3O3S3. The van der Waals surface area contributed by atoms with E-state index in [1.54, 1.807) is 11.4 Å². The topological polar surface area (TPSA) is 96.0 Å². The predicted octanol–water partition coefficient (Wildman–Crippen LogP) is 2.14. The number of nitrogens with zero attached hydrogens (tertiary/aromatic N) is 2. The standard InChI is InChI=1S/C11H16BrN3O3S3/c1-19-11(10(13)14-16)3-5-15(6-4-11)21(17,18)9-8(12)2-7-20-9/h2,7,16H,3-6H2,1H3,(H2,13,14). The van der Waals surface area contributed by atoms with E-state index < -0.39 is 14.8 Å². The number of piperidine rings is 1. The molecule has 2 heterocycles. The van der Waals surface area contributed by atoms with Crippen LogP contribution in [-0.4, -0.2) is 47.9 Å². The van der Waals surface area contributed by atoms with Gasteiger partial charge in [0.05, 0.1) is 4.75 Å². The molecule has 2 rings (SSSR count). The van der Waals surface area contributed by atoms with E-state index in [9.17, 15) is 8.42 Å². The zero-order valence-electron chi connectivity index (χ0n) is 11.3. The normalized spacial score (nSPS) is 20.6. The summed E-state index contributed by atoms with van der Waals surface area (Å²) in [4.78, 5) is 0. The zero-order chi connectivity index (χ0) is 15.7. The molecule has 0 spiro atoms. The summed E-state index contributed by atoms with van der Waals surface area (Å²) in [7, 11) is -3.49. The Labute approximate surface area is 140 Å². The summed E-state index contributed by atoms with van der Waals surface area (Å²) in [5.74, 6) is 0.157. The third kappa shape index (κ3) is 3.09. The van der Waals surface area contributed by atoms with Gasteiger partial charge in [-0.1, -0.05) is 5.16 Å². The highest BCUT2D eigenvalue weighted by atomic mass is 79.9. The summed E-state index contributed by atoms with van der Waals surface area (Å²) >= 11 is 5.96. The lowest BCUT2D eigenvalue weighted by molar-refractivity contribution is 0.300. The van der Waals surface area contributed by atoms with Crippen molar-refractivity contribution in [3.63, 3.8) is 0 Å². The first kappa shape index (κ1) is 17.1. The van der Waals surface area contributed by atoms with Gasteiger partial charge >= 0.3 is 0 Å². The molecule has 1 fully saturated rings. The molecule has 6 nitrogen and oxygen atoms in total. The van der Waals surface area contributed by atoms with Crippen LogP contribution in [0.2, 0.25) is 0 Å². The van der Waals surface area contributed by atoms with E-state index in [1.807, 2.05) is 6.26 Å². The van der Waals surface area contributed by atoms with Crippen molar-refractivity contribution in [2.24, 2.45) is 10.9 Å². The van der Waals surface area contributed by atoms with E-state index >= 15 is 0 Å². The van der Waals surface area contributed by atoms with Crippen molar-refractivity contribution in [2.45, 2.75) is 21.8 Å². The molecule has 0 radical (unpaired) electrons. The maximum atomic E-state index is 12.6. The van der Waals surface area contributed by atoms with Gasteiger partial charge in [-0.05, 0) is 46.5 Å². The van der Waals surface area contributed by atoms with Crippen LogP contribution in [0, 0.1) is 0 Å². The molecule has 0 aliphatic carbocycles. The second-order valence-corrected chi connectivity index (χ2v) is 9.74. The Morgan fingerprint density at radius 2 is 2.19 bits per heavy atom. The molecule has 1 saturated heterocycles. The largest absolute Gasteiger partial charge is 0.409 e. The van der Waals surface area contributed by atoms with Gasteiger partial charge in [0.15, 0.2) is 5.84 Å². The van der Waals surface area contributed by atoms with Crippen LogP contribution in [-0.2, 0) is 10.0 Å². The van der Waals surface area contributed by atoms with Gasteiger partial charge < -0.3 is 10.9 Å². The second-order valence-electron chi connectivity index (χ2n) is 4.64. The van der Waals surface area contributed by atoms with Crippen LogP contribution in [0.25, 0.3) is 0 Å². The SMILES string of the molecule is CSC1(C(N)=NO)CCN(S(=O)(=O)c2sccc2Br)CC1. The van der Waals surface area contributed by atoms with Crippen molar-refractivity contribution in [3.05, 3.63) is 15.9 Å². The Morgan fingerprint density at radius 1 is 1.57 bits per heavy atom. The fourth-order valence-corrected chi connectivity index (χ4v) is 7.06. The fraction of sp³-hybridized carbons (Fsp3) is 0.545. The summed E-state index contributed by atoms with van der Waals surface area (Å²) in [6.45, 7) is 0.702. The highest BCUT2D eigenvalue weighted by Gasteiger charge is 2.41. The van der Waals surface area contributed by atoms with Gasteiger partial charge in [-0.3, -0.25) is 0 Å². The van der Waals surface area contributed by atoms with Crippen molar-refractivity contribution in [1.29, 1.82) is 0 Å². The summed E-state index contributed by atoms with van der Waals surface area (Å²) in [6.07, 6.45) is 2.93. The number of hydrogen-bond acceptors (Lipinski definition) is 6. The fourth-order valence-electron chi connectivity index (χ4n) is 2.32. The van der Waals surface area contributed by atoms with Gasteiger partial charge in [0.1, 0.15) is 4.21 Å². The van der Waals surface area contributed by atoms with Crippen LogP contribution in [0.4, 0.5) is 0 Å². The summed E-state index contributed by atoms with van der Waals surface area (Å²) in [5, 5.41) is 13.8. The third-order valence-electron chi connectivity index (χ3n) is 3.65. The number of thiophene rings is 1. The number of amidine groups is 1. The van der Waals surface area contributed by atoms with Crippen molar-refractivity contribution in [3.8, 4) is 0 Å². The Balaban J connectivity index is 2.20. The van der Waals surface area contributed by atoms with Crippen LogP contribution >= 0.6 is 39.0 Å². The summed E-state index contributed by atoms with van der Waals surface area (Å²) in [6, 6.07) is 1.73. The average molecular weight is 414 g/mol. The molecule has 10 heteroatoms. The number of oxime groups is 1. The minimum Gasteiger partial charge on any atom is -0.409 e. The molecule has 1 aliphatic rings. The lowest BCUT2D eigenvalue weighted by Gasteiger charge is -2.38. The third-order valence-corrected chi connectivity index (χ3v) is 9.60. The van der Waals surface area contributed by atoms with E-state index in [-0.39, 0.29) is 5.84 Å². The van der Waals surface area contributed by atoms with Gasteiger partial charge in [-0.2, -0.15) is 16.1 Å². The minimum absolute atomic E-state index is 0.157. The molecule has 0 aromatic carbocycles. The molecule has 1 aromatic rings. The van der Waals surface area contributed by atoms with Crippen LogP contribution in [0.15, 0.2) is 25.3 Å². The maximum Gasteiger partial charge on any atom is 0.253 e. The van der Waals surface area contributed by atoms with Gasteiger partial charge in [-0.15, -0.1) is 11.3 Å². The van der Waals surface area contributed by atoms with Gasteiger partial charge in [-0.25, -0.2) is 8.42 Å². The monoisotopic (exact) mass is 413 g/mol. The zero-order valence-corrected chi connectivity index (χ0v) is 15.4. The molecule has 21 heavy (non-hydrogen) atoms. The Morgan fingerprint density at radius 3 is 2.62 bits per heavy atom. The van der Waals surface area contributed by atoms with Gasteiger partial charge in [0.2, 0.25) is 0 Å². The summed E-state index contributed by atoms with van der Waals surface area (Å²) in [5.41, 5.74) is 5.77. The van der Waals surface area contributed by atoms with E-state index in [0.717, 1.165) is 0 Å². The van der Waals surface area contributed by atoms with Gasteiger partial charge in [0, 0.05) is 17.6 Å². The van der Waals surface area contributed by atoms with E-state index in [0.29, 0.717) is 34.6 Å². The van der Waals surface area contributed by atoms with Gasteiger partial charge in [0.25, 0.3) is 10.0 Å². The maximum absolute atomic E-state index is 12.6. The quantitative estimate of drug-likeness (QED) is 0.341. The molecule has 3 N–H and O–H groups in total. The van der Waals surface area contributed by atoms with Crippen molar-refractivity contribution in [1.82, 2.24) is 4.31 Å². The van der Waals surface area contributed by atoms with E-state index in [4.69, 9.17) is 10.9 Å². The highest BCUT2D eigenvalue weighted by Crippen LogP contribution is 2.38. The lowest BCUT2D eigenvalue weighted by Crippen LogP contribution is -2.51. The first-order chi connectivity index (χ1) is 9.87. The summed E-state index contributed by atoms with van der Waals surface area (Å²) < 4.78 is 27.1. The average Bonchev–Trinajstić information content (AvgIpc) is 2.93. The Hall–Kier alpha value is -0.290. The first-order valence-corrected chi connectivity index (χ1v) is 10.5. The number of rotatable bonds is 4. The lowest BCUT2D eigenvalue weighted by atomic mass is 9.96. The van der Waals surface area contributed by atoms with Crippen molar-refractivity contribution in [2.75, 3.05) is 19.3 Å². The van der Waals surface area contributed by atoms with Crippen LogP contribution < -0.4 is 5.73 Å². The van der Waals surface area contributed by atoms with Crippen LogP contribution in [0.5, 0.6) is 0 Å². The Kier molecular flexibility index (Phi) is 5.24. The smallest absolute Gasteiger partial charge is 0.253 e. The minimum atomic E-state index is -3.49. The second kappa shape index (κ2) is 6.45.